The van der Waals surface area contributed by atoms with Gasteiger partial charge in [0.15, 0.2) is 0 Å². The van der Waals surface area contributed by atoms with Crippen molar-refractivity contribution in [2.45, 2.75) is 38.8 Å². The molecule has 1 atom stereocenters. The maximum atomic E-state index is 12.0. The van der Waals surface area contributed by atoms with Gasteiger partial charge in [-0.3, -0.25) is 15.0 Å². The zero-order valence-corrected chi connectivity index (χ0v) is 13.5. The zero-order valence-electron chi connectivity index (χ0n) is 13.5. The van der Waals surface area contributed by atoms with Crippen molar-refractivity contribution in [2.75, 3.05) is 13.1 Å². The van der Waals surface area contributed by atoms with Crippen LogP contribution < -0.4 is 10.6 Å². The summed E-state index contributed by atoms with van der Waals surface area (Å²) in [5, 5.41) is 13.9. The Morgan fingerprint density at radius 3 is 2.52 bits per heavy atom. The number of hydrogen-bond acceptors (Lipinski definition) is 4. The molecule has 0 bridgehead atoms. The Kier molecular flexibility index (Phi) is 5.72. The van der Waals surface area contributed by atoms with Gasteiger partial charge in [0, 0.05) is 12.1 Å². The highest BCUT2D eigenvalue weighted by Crippen LogP contribution is 2.20. The molecule has 122 valence electrons. The van der Waals surface area contributed by atoms with Crippen LogP contribution in [0.15, 0.2) is 24.3 Å². The lowest BCUT2D eigenvalue weighted by molar-refractivity contribution is -0.121. The van der Waals surface area contributed by atoms with Crippen LogP contribution in [0.25, 0.3) is 0 Å². The molecule has 2 rings (SSSR count). The van der Waals surface area contributed by atoms with Crippen molar-refractivity contribution in [1.29, 1.82) is 5.26 Å². The predicted octanol–water partition coefficient (Wildman–Crippen LogP) is 1.93. The number of nitriles is 1. The van der Waals surface area contributed by atoms with Crippen molar-refractivity contribution in [1.82, 2.24) is 15.5 Å². The summed E-state index contributed by atoms with van der Waals surface area (Å²) in [6.45, 7) is 4.80. The first-order valence-corrected chi connectivity index (χ1v) is 7.88. The molecule has 1 fully saturated rings. The molecule has 0 saturated heterocycles. The highest BCUT2D eigenvalue weighted by atomic mass is 16.2. The normalized spacial score (nSPS) is 14.9. The molecule has 0 spiro atoms. The van der Waals surface area contributed by atoms with Crippen LogP contribution in [0.1, 0.15) is 43.9 Å². The Morgan fingerprint density at radius 1 is 1.35 bits per heavy atom. The van der Waals surface area contributed by atoms with Crippen molar-refractivity contribution in [3.05, 3.63) is 35.4 Å². The van der Waals surface area contributed by atoms with E-state index in [1.54, 1.807) is 12.1 Å². The van der Waals surface area contributed by atoms with E-state index in [0.717, 1.165) is 18.4 Å². The molecule has 1 aliphatic rings. The second-order valence-electron chi connectivity index (χ2n) is 5.77. The molecule has 23 heavy (non-hydrogen) atoms. The van der Waals surface area contributed by atoms with Gasteiger partial charge in [-0.1, -0.05) is 19.1 Å². The fourth-order valence-corrected chi connectivity index (χ4v) is 2.37. The molecule has 6 nitrogen and oxygen atoms in total. The second kappa shape index (κ2) is 7.75. The van der Waals surface area contributed by atoms with Gasteiger partial charge in [-0.15, -0.1) is 0 Å². The first kappa shape index (κ1) is 17.0. The molecule has 1 saturated carbocycles. The van der Waals surface area contributed by atoms with Gasteiger partial charge in [-0.25, -0.2) is 4.79 Å². The van der Waals surface area contributed by atoms with E-state index in [-0.39, 0.29) is 24.5 Å². The van der Waals surface area contributed by atoms with E-state index in [4.69, 9.17) is 5.26 Å². The standard InChI is InChI=1S/C17H22N4O2/c1-3-21(11-16(22)20-17(23)19-15-8-9-15)12(2)14-6-4-13(10-18)5-7-14/h4-7,12,15H,3,8-9,11H2,1-2H3,(H2,19,20,22,23)/t12-/m1/s1. The van der Waals surface area contributed by atoms with Gasteiger partial charge in [0.05, 0.1) is 18.2 Å². The maximum absolute atomic E-state index is 12.0. The van der Waals surface area contributed by atoms with E-state index in [1.807, 2.05) is 30.9 Å². The number of imide groups is 1. The average molecular weight is 314 g/mol. The van der Waals surface area contributed by atoms with Crippen molar-refractivity contribution < 1.29 is 9.59 Å². The van der Waals surface area contributed by atoms with E-state index >= 15 is 0 Å². The largest absolute Gasteiger partial charge is 0.335 e. The van der Waals surface area contributed by atoms with E-state index in [2.05, 4.69) is 16.7 Å². The first-order valence-electron chi connectivity index (χ1n) is 7.88. The Morgan fingerprint density at radius 2 is 2.00 bits per heavy atom. The van der Waals surface area contributed by atoms with Crippen LogP contribution in [0.4, 0.5) is 4.79 Å². The summed E-state index contributed by atoms with van der Waals surface area (Å²) in [6, 6.07) is 9.23. The van der Waals surface area contributed by atoms with Crippen LogP contribution in [-0.2, 0) is 4.79 Å². The average Bonchev–Trinajstić information content (AvgIpc) is 3.35. The maximum Gasteiger partial charge on any atom is 0.321 e. The number of urea groups is 1. The molecule has 0 heterocycles. The van der Waals surface area contributed by atoms with Gasteiger partial charge >= 0.3 is 6.03 Å². The summed E-state index contributed by atoms with van der Waals surface area (Å²) in [5.74, 6) is -0.314. The van der Waals surface area contributed by atoms with Crippen molar-refractivity contribution in [2.24, 2.45) is 0 Å². The molecule has 1 aliphatic carbocycles. The SMILES string of the molecule is CCN(CC(=O)NC(=O)NC1CC1)[C@H](C)c1ccc(C#N)cc1. The lowest BCUT2D eigenvalue weighted by Gasteiger charge is -2.27. The molecule has 0 unspecified atom stereocenters. The van der Waals surface area contributed by atoms with Crippen LogP contribution in [0, 0.1) is 11.3 Å². The van der Waals surface area contributed by atoms with Crippen LogP contribution in [0.3, 0.4) is 0 Å². The zero-order chi connectivity index (χ0) is 16.8. The van der Waals surface area contributed by atoms with Crippen molar-refractivity contribution >= 4 is 11.9 Å². The molecule has 3 amide bonds. The minimum Gasteiger partial charge on any atom is -0.335 e. The van der Waals surface area contributed by atoms with E-state index < -0.39 is 6.03 Å². The van der Waals surface area contributed by atoms with Gasteiger partial charge in [0.25, 0.3) is 0 Å². The summed E-state index contributed by atoms with van der Waals surface area (Å²) in [4.78, 5) is 25.6. The summed E-state index contributed by atoms with van der Waals surface area (Å²) in [5.41, 5.74) is 1.64. The van der Waals surface area contributed by atoms with E-state index in [1.165, 1.54) is 0 Å². The molecule has 0 aliphatic heterocycles. The monoisotopic (exact) mass is 314 g/mol. The number of benzene rings is 1. The Balaban J connectivity index is 1.90. The van der Waals surface area contributed by atoms with Gasteiger partial charge in [0.2, 0.25) is 5.91 Å². The topological polar surface area (TPSA) is 85.2 Å². The number of carbonyl (C=O) groups is 2. The van der Waals surface area contributed by atoms with Crippen LogP contribution in [0.2, 0.25) is 0 Å². The lowest BCUT2D eigenvalue weighted by atomic mass is 10.1. The third kappa shape index (κ3) is 5.08. The van der Waals surface area contributed by atoms with Crippen molar-refractivity contribution in [3.8, 4) is 6.07 Å². The Labute approximate surface area is 136 Å². The van der Waals surface area contributed by atoms with Gasteiger partial charge < -0.3 is 5.32 Å². The molecular formula is C17H22N4O2. The minimum atomic E-state index is -0.417. The summed E-state index contributed by atoms with van der Waals surface area (Å²) >= 11 is 0. The second-order valence-corrected chi connectivity index (χ2v) is 5.77. The quantitative estimate of drug-likeness (QED) is 0.840. The summed E-state index contributed by atoms with van der Waals surface area (Å²) < 4.78 is 0. The number of carbonyl (C=O) groups excluding carboxylic acids is 2. The smallest absolute Gasteiger partial charge is 0.321 e. The summed E-state index contributed by atoms with van der Waals surface area (Å²) in [7, 11) is 0. The van der Waals surface area contributed by atoms with E-state index in [9.17, 15) is 9.59 Å². The van der Waals surface area contributed by atoms with Gasteiger partial charge in [-0.2, -0.15) is 5.26 Å². The Hall–Kier alpha value is -2.39. The van der Waals surface area contributed by atoms with Crippen molar-refractivity contribution in [3.63, 3.8) is 0 Å². The lowest BCUT2D eigenvalue weighted by Crippen LogP contribution is -2.45. The Bertz CT molecular complexity index is 602. The first-order chi connectivity index (χ1) is 11.0. The fraction of sp³-hybridized carbons (Fsp3) is 0.471. The van der Waals surface area contributed by atoms with Crippen LogP contribution >= 0.6 is 0 Å². The molecule has 0 radical (unpaired) electrons. The van der Waals surface area contributed by atoms with Gasteiger partial charge in [0.1, 0.15) is 0 Å². The highest BCUT2D eigenvalue weighted by Gasteiger charge is 2.24. The highest BCUT2D eigenvalue weighted by molar-refractivity contribution is 5.95. The number of nitrogens with one attached hydrogen (secondary N) is 2. The van der Waals surface area contributed by atoms with Crippen LogP contribution in [-0.4, -0.2) is 36.0 Å². The molecular weight excluding hydrogens is 292 g/mol. The molecule has 0 aromatic heterocycles. The fourth-order valence-electron chi connectivity index (χ4n) is 2.37. The molecule has 1 aromatic carbocycles. The molecule has 6 heteroatoms. The minimum absolute atomic E-state index is 0.0185. The number of hydrogen-bond donors (Lipinski definition) is 2. The summed E-state index contributed by atoms with van der Waals surface area (Å²) in [6.07, 6.45) is 1.97. The number of likely N-dealkylation sites (N-methyl/N-ethyl adjacent to an activating group) is 1. The third-order valence-electron chi connectivity index (χ3n) is 3.99. The number of rotatable bonds is 6. The molecule has 1 aromatic rings. The van der Waals surface area contributed by atoms with E-state index in [0.29, 0.717) is 12.1 Å². The third-order valence-corrected chi connectivity index (χ3v) is 3.99. The van der Waals surface area contributed by atoms with Crippen LogP contribution in [0.5, 0.6) is 0 Å². The molecule has 2 N–H and O–H groups in total. The van der Waals surface area contributed by atoms with Gasteiger partial charge in [-0.05, 0) is 44.0 Å². The number of nitrogens with zero attached hydrogens (tertiary/aromatic N) is 2. The predicted molar refractivity (Wildman–Crippen MR) is 86.5 cm³/mol. The number of amides is 3.